The Morgan fingerprint density at radius 3 is 2.53 bits per heavy atom. The topological polar surface area (TPSA) is 67.9 Å². The van der Waals surface area contributed by atoms with Gasteiger partial charge in [-0.2, -0.15) is 0 Å². The summed E-state index contributed by atoms with van der Waals surface area (Å²) in [4.78, 5) is 19.4. The fourth-order valence-corrected chi connectivity index (χ4v) is 3.44. The third-order valence-corrected chi connectivity index (χ3v) is 5.34. The number of piperidine rings is 1. The number of nitrogens with two attached hydrogens (primary N) is 1. The van der Waals surface area contributed by atoms with Crippen LogP contribution in [0.2, 0.25) is 0 Å². The normalized spacial score (nSPS) is 17.8. The number of Topliss-reactive ketones (excluding diaryl/α,β-unsaturated/α-hetero) is 1. The number of hydrogen-bond donors (Lipinski definition) is 1. The molecule has 0 amide bonds. The van der Waals surface area contributed by atoms with Crippen LogP contribution in [0.1, 0.15) is 46.1 Å². The van der Waals surface area contributed by atoms with Crippen LogP contribution in [-0.4, -0.2) is 41.8 Å². The zero-order valence-electron chi connectivity index (χ0n) is 18.6. The van der Waals surface area contributed by atoms with Crippen LogP contribution in [0.4, 0.5) is 4.39 Å². The van der Waals surface area contributed by atoms with Gasteiger partial charge in [-0.25, -0.2) is 9.38 Å². The van der Waals surface area contributed by atoms with E-state index in [1.165, 1.54) is 18.5 Å². The molecule has 0 aliphatic carbocycles. The largest absolute Gasteiger partial charge is 0.472 e. The van der Waals surface area contributed by atoms with Gasteiger partial charge < -0.3 is 10.5 Å². The van der Waals surface area contributed by atoms with Crippen LogP contribution in [-0.2, 0) is 16.0 Å². The fraction of sp³-hybridized carbons (Fsp3) is 0.500. The van der Waals surface area contributed by atoms with E-state index < -0.39 is 11.0 Å². The number of carbonyl (C=O) groups is 1. The van der Waals surface area contributed by atoms with Crippen LogP contribution in [0.5, 0.6) is 0 Å². The average molecular weight is 416 g/mol. The molecule has 1 heterocycles. The number of hydrogen-bond acceptors (Lipinski definition) is 5. The maximum absolute atomic E-state index is 13.9. The lowest BCUT2D eigenvalue weighted by atomic mass is 9.75. The first kappa shape index (κ1) is 23.8. The highest BCUT2D eigenvalue weighted by molar-refractivity contribution is 5.94. The molecule has 0 aromatic heterocycles. The van der Waals surface area contributed by atoms with E-state index in [9.17, 15) is 9.18 Å². The maximum Gasteiger partial charge on any atom is 0.217 e. The van der Waals surface area contributed by atoms with Gasteiger partial charge >= 0.3 is 0 Å². The molecule has 0 spiro atoms. The molecule has 0 unspecified atom stereocenters. The van der Waals surface area contributed by atoms with Crippen molar-refractivity contribution in [1.82, 2.24) is 4.90 Å². The van der Waals surface area contributed by atoms with E-state index >= 15 is 0 Å². The van der Waals surface area contributed by atoms with Gasteiger partial charge in [0, 0.05) is 36.4 Å². The Labute approximate surface area is 179 Å². The van der Waals surface area contributed by atoms with E-state index in [1.54, 1.807) is 18.2 Å². The van der Waals surface area contributed by atoms with Crippen molar-refractivity contribution >= 4 is 11.7 Å². The molecule has 6 heteroatoms. The second kappa shape index (κ2) is 10.0. The van der Waals surface area contributed by atoms with Gasteiger partial charge in [-0.15, -0.1) is 0 Å². The fourth-order valence-electron chi connectivity index (χ4n) is 3.44. The minimum Gasteiger partial charge on any atom is -0.472 e. The number of carbonyl (C=O) groups excluding carboxylic acids is 1. The monoisotopic (exact) mass is 415 g/mol. The SMILES string of the molecule is C=C(CN1CCC(C)(C(=O)Cc2ccccc2F)CC1)C(=N/C=C\N)OC(C)(C)C. The van der Waals surface area contributed by atoms with Crippen molar-refractivity contribution in [2.24, 2.45) is 16.1 Å². The third kappa shape index (κ3) is 6.80. The zero-order chi connectivity index (χ0) is 22.4. The van der Waals surface area contributed by atoms with E-state index in [0.29, 0.717) is 18.0 Å². The first-order chi connectivity index (χ1) is 14.0. The number of nitrogens with zero attached hydrogens (tertiary/aromatic N) is 2. The van der Waals surface area contributed by atoms with Crippen LogP contribution in [0.25, 0.3) is 0 Å². The molecule has 1 aliphatic rings. The minimum atomic E-state index is -0.443. The van der Waals surface area contributed by atoms with Crippen LogP contribution in [0, 0.1) is 11.2 Å². The number of likely N-dealkylation sites (tertiary alicyclic amines) is 1. The van der Waals surface area contributed by atoms with Gasteiger partial charge in [0.1, 0.15) is 17.2 Å². The summed E-state index contributed by atoms with van der Waals surface area (Å²) in [6, 6.07) is 6.49. The second-order valence-electron chi connectivity index (χ2n) is 9.12. The van der Waals surface area contributed by atoms with Crippen molar-refractivity contribution in [3.8, 4) is 0 Å². The summed E-state index contributed by atoms with van der Waals surface area (Å²) < 4.78 is 19.9. The predicted molar refractivity (Wildman–Crippen MR) is 120 cm³/mol. The Morgan fingerprint density at radius 1 is 1.33 bits per heavy atom. The highest BCUT2D eigenvalue weighted by Gasteiger charge is 2.37. The van der Waals surface area contributed by atoms with Gasteiger partial charge in [0.05, 0.1) is 0 Å². The molecule has 5 nitrogen and oxygen atoms in total. The standard InChI is InChI=1S/C24H34FN3O2/c1-18(22(27-13-12-26)30-23(2,3)4)17-28-14-10-24(5,11-15-28)21(29)16-19-8-6-7-9-20(19)25/h6-9,12-13H,1,10-11,14-17,26H2,2-5H3/b13-12-,27-22?. The summed E-state index contributed by atoms with van der Waals surface area (Å²) in [5.41, 5.74) is 5.80. The Hall–Kier alpha value is -2.47. The van der Waals surface area contributed by atoms with Gasteiger partial charge in [-0.05, 0) is 58.3 Å². The lowest BCUT2D eigenvalue weighted by Gasteiger charge is -2.38. The lowest BCUT2D eigenvalue weighted by Crippen LogP contribution is -2.44. The molecule has 30 heavy (non-hydrogen) atoms. The number of ether oxygens (including phenoxy) is 1. The van der Waals surface area contributed by atoms with Crippen molar-refractivity contribution in [1.29, 1.82) is 0 Å². The molecule has 1 fully saturated rings. The van der Waals surface area contributed by atoms with Crippen LogP contribution < -0.4 is 5.73 Å². The quantitative estimate of drug-likeness (QED) is 0.534. The minimum absolute atomic E-state index is 0.0949. The maximum atomic E-state index is 13.9. The highest BCUT2D eigenvalue weighted by atomic mass is 19.1. The predicted octanol–water partition coefficient (Wildman–Crippen LogP) is 4.24. The van der Waals surface area contributed by atoms with Gasteiger partial charge in [0.25, 0.3) is 0 Å². The van der Waals surface area contributed by atoms with Crippen molar-refractivity contribution in [2.75, 3.05) is 19.6 Å². The molecule has 1 aromatic rings. The van der Waals surface area contributed by atoms with E-state index in [2.05, 4.69) is 16.5 Å². The lowest BCUT2D eigenvalue weighted by molar-refractivity contribution is -0.129. The summed E-state index contributed by atoms with van der Waals surface area (Å²) in [7, 11) is 0. The van der Waals surface area contributed by atoms with Crippen molar-refractivity contribution in [3.63, 3.8) is 0 Å². The smallest absolute Gasteiger partial charge is 0.217 e. The van der Waals surface area contributed by atoms with E-state index in [1.807, 2.05) is 27.7 Å². The summed E-state index contributed by atoms with van der Waals surface area (Å²) in [5, 5.41) is 0. The number of rotatable bonds is 7. The van der Waals surface area contributed by atoms with Gasteiger partial charge in [0.2, 0.25) is 5.90 Å². The molecule has 2 N–H and O–H groups in total. The summed E-state index contributed by atoms with van der Waals surface area (Å²) in [5.74, 6) is 0.242. The van der Waals surface area contributed by atoms with Crippen LogP contribution in [0.3, 0.4) is 0 Å². The van der Waals surface area contributed by atoms with Gasteiger partial charge in [0.15, 0.2) is 0 Å². The Morgan fingerprint density at radius 2 is 1.97 bits per heavy atom. The number of benzene rings is 1. The Kier molecular flexibility index (Phi) is 7.96. The molecular formula is C24H34FN3O2. The highest BCUT2D eigenvalue weighted by Crippen LogP contribution is 2.33. The zero-order valence-corrected chi connectivity index (χ0v) is 18.6. The summed E-state index contributed by atoms with van der Waals surface area (Å²) in [6.45, 7) is 14.1. The van der Waals surface area contributed by atoms with Gasteiger partial charge in [-0.3, -0.25) is 9.69 Å². The summed E-state index contributed by atoms with van der Waals surface area (Å²) >= 11 is 0. The molecule has 0 saturated carbocycles. The van der Waals surface area contributed by atoms with Crippen LogP contribution >= 0.6 is 0 Å². The molecule has 0 radical (unpaired) electrons. The molecule has 0 bridgehead atoms. The second-order valence-corrected chi connectivity index (χ2v) is 9.12. The van der Waals surface area contributed by atoms with Crippen molar-refractivity contribution in [2.45, 2.75) is 52.6 Å². The molecule has 1 saturated heterocycles. The number of ketones is 1. The van der Waals surface area contributed by atoms with Gasteiger partial charge in [-0.1, -0.05) is 31.7 Å². The van der Waals surface area contributed by atoms with Crippen molar-refractivity contribution < 1.29 is 13.9 Å². The molecule has 164 valence electrons. The molecule has 1 aliphatic heterocycles. The Balaban J connectivity index is 1.96. The number of aliphatic imine (C=N–C) groups is 1. The van der Waals surface area contributed by atoms with Crippen LogP contribution in [0.15, 0.2) is 53.8 Å². The molecular weight excluding hydrogens is 381 g/mol. The first-order valence-electron chi connectivity index (χ1n) is 10.3. The summed E-state index contributed by atoms with van der Waals surface area (Å²) in [6.07, 6.45) is 4.43. The average Bonchev–Trinajstić information content (AvgIpc) is 2.67. The number of halogens is 1. The molecule has 1 aromatic carbocycles. The Bertz CT molecular complexity index is 816. The van der Waals surface area contributed by atoms with E-state index in [-0.39, 0.29) is 18.0 Å². The molecule has 2 rings (SSSR count). The first-order valence-corrected chi connectivity index (χ1v) is 10.3. The third-order valence-electron chi connectivity index (χ3n) is 5.34. The molecule has 0 atom stereocenters. The van der Waals surface area contributed by atoms with E-state index in [0.717, 1.165) is 31.5 Å². The van der Waals surface area contributed by atoms with E-state index in [4.69, 9.17) is 10.5 Å². The van der Waals surface area contributed by atoms with Crippen molar-refractivity contribution in [3.05, 3.63) is 60.2 Å².